The standard InChI is InChI=1S/C14H11N3O3/c18-13(15-9-4-2-1-3-5-9)16-10-6-7-11-12(8-10)20-14(19)17-11/h1-8H,(H,17,19)(H2,15,16,18). The smallest absolute Gasteiger partial charge is 0.408 e. The largest absolute Gasteiger partial charge is 0.417 e. The predicted molar refractivity (Wildman–Crippen MR) is 75.9 cm³/mol. The Balaban J connectivity index is 1.75. The van der Waals surface area contributed by atoms with Crippen molar-refractivity contribution < 1.29 is 9.21 Å². The van der Waals surface area contributed by atoms with Crippen LogP contribution in [0.15, 0.2) is 57.7 Å². The molecule has 3 N–H and O–H groups in total. The molecule has 1 aromatic heterocycles. The van der Waals surface area contributed by atoms with Gasteiger partial charge in [-0.2, -0.15) is 0 Å². The van der Waals surface area contributed by atoms with Gasteiger partial charge in [-0.3, -0.25) is 4.98 Å². The van der Waals surface area contributed by atoms with Crippen LogP contribution in [0.5, 0.6) is 0 Å². The van der Waals surface area contributed by atoms with E-state index >= 15 is 0 Å². The number of benzene rings is 2. The van der Waals surface area contributed by atoms with E-state index in [-0.39, 0.29) is 6.03 Å². The summed E-state index contributed by atoms with van der Waals surface area (Å²) in [5.41, 5.74) is 2.21. The molecule has 20 heavy (non-hydrogen) atoms. The summed E-state index contributed by atoms with van der Waals surface area (Å²) in [4.78, 5) is 25.4. The van der Waals surface area contributed by atoms with Crippen molar-refractivity contribution in [2.24, 2.45) is 0 Å². The molecule has 0 saturated carbocycles. The fourth-order valence-corrected chi connectivity index (χ4v) is 1.84. The SMILES string of the molecule is O=C(Nc1ccccc1)Nc1ccc2[nH]c(=O)oc2c1. The molecule has 2 aromatic carbocycles. The molecule has 100 valence electrons. The number of anilines is 2. The number of amides is 2. The molecule has 0 unspecified atom stereocenters. The molecule has 6 heteroatoms. The summed E-state index contributed by atoms with van der Waals surface area (Å²) in [6.07, 6.45) is 0. The molecule has 0 aliphatic heterocycles. The van der Waals surface area contributed by atoms with Gasteiger partial charge in [-0.05, 0) is 24.3 Å². The van der Waals surface area contributed by atoms with E-state index in [0.29, 0.717) is 22.5 Å². The quantitative estimate of drug-likeness (QED) is 0.668. The average molecular weight is 269 g/mol. The van der Waals surface area contributed by atoms with Crippen molar-refractivity contribution in [1.29, 1.82) is 0 Å². The lowest BCUT2D eigenvalue weighted by molar-refractivity contribution is 0.262. The van der Waals surface area contributed by atoms with Crippen LogP contribution in [-0.2, 0) is 0 Å². The Labute approximate surface area is 113 Å². The maximum absolute atomic E-state index is 11.8. The molecule has 0 radical (unpaired) electrons. The Morgan fingerprint density at radius 3 is 2.55 bits per heavy atom. The predicted octanol–water partition coefficient (Wildman–Crippen LogP) is 2.77. The third-order valence-corrected chi connectivity index (χ3v) is 2.71. The van der Waals surface area contributed by atoms with E-state index in [1.165, 1.54) is 0 Å². The molecule has 6 nitrogen and oxygen atoms in total. The summed E-state index contributed by atoms with van der Waals surface area (Å²) in [5, 5.41) is 5.36. The number of oxazole rings is 1. The molecule has 0 aliphatic rings. The van der Waals surface area contributed by atoms with Gasteiger partial charge >= 0.3 is 11.8 Å². The van der Waals surface area contributed by atoms with E-state index < -0.39 is 5.76 Å². The number of aromatic nitrogens is 1. The van der Waals surface area contributed by atoms with Crippen molar-refractivity contribution in [1.82, 2.24) is 4.98 Å². The maximum Gasteiger partial charge on any atom is 0.417 e. The highest BCUT2D eigenvalue weighted by Gasteiger charge is 2.05. The van der Waals surface area contributed by atoms with Gasteiger partial charge in [-0.1, -0.05) is 18.2 Å². The summed E-state index contributed by atoms with van der Waals surface area (Å²) < 4.78 is 4.93. The average Bonchev–Trinajstić information content (AvgIpc) is 2.79. The number of H-pyrrole nitrogens is 1. The summed E-state index contributed by atoms with van der Waals surface area (Å²) in [7, 11) is 0. The highest BCUT2D eigenvalue weighted by molar-refractivity contribution is 6.00. The summed E-state index contributed by atoms with van der Waals surface area (Å²) in [5.74, 6) is -0.522. The minimum Gasteiger partial charge on any atom is -0.408 e. The molecule has 3 aromatic rings. The number of nitrogens with one attached hydrogen (secondary N) is 3. The molecule has 0 atom stereocenters. The molecule has 0 bridgehead atoms. The first-order valence-corrected chi connectivity index (χ1v) is 5.97. The first-order valence-electron chi connectivity index (χ1n) is 5.97. The van der Waals surface area contributed by atoms with Crippen molar-refractivity contribution >= 4 is 28.5 Å². The van der Waals surface area contributed by atoms with E-state index in [2.05, 4.69) is 15.6 Å². The van der Waals surface area contributed by atoms with Crippen LogP contribution >= 0.6 is 0 Å². The molecule has 0 aliphatic carbocycles. The third kappa shape index (κ3) is 2.54. The van der Waals surface area contributed by atoms with Crippen molar-refractivity contribution in [3.63, 3.8) is 0 Å². The minimum atomic E-state index is -0.522. The Bertz CT molecular complexity index is 805. The molecule has 0 spiro atoms. The highest BCUT2D eigenvalue weighted by Crippen LogP contribution is 2.16. The Morgan fingerprint density at radius 2 is 1.75 bits per heavy atom. The van der Waals surface area contributed by atoms with Crippen LogP contribution in [0.1, 0.15) is 0 Å². The van der Waals surface area contributed by atoms with Gasteiger partial charge in [0.2, 0.25) is 0 Å². The van der Waals surface area contributed by atoms with E-state index in [9.17, 15) is 9.59 Å². The lowest BCUT2D eigenvalue weighted by Crippen LogP contribution is -2.19. The molecular formula is C14H11N3O3. The maximum atomic E-state index is 11.8. The number of rotatable bonds is 2. The fraction of sp³-hybridized carbons (Fsp3) is 0. The van der Waals surface area contributed by atoms with Crippen molar-refractivity contribution in [3.8, 4) is 0 Å². The zero-order valence-corrected chi connectivity index (χ0v) is 10.3. The zero-order chi connectivity index (χ0) is 13.9. The summed E-state index contributed by atoms with van der Waals surface area (Å²) in [6, 6.07) is 13.7. The fourth-order valence-electron chi connectivity index (χ4n) is 1.84. The van der Waals surface area contributed by atoms with E-state index in [1.807, 2.05) is 18.2 Å². The van der Waals surface area contributed by atoms with Gasteiger partial charge in [-0.25, -0.2) is 9.59 Å². The highest BCUT2D eigenvalue weighted by atomic mass is 16.4. The minimum absolute atomic E-state index is 0.367. The van der Waals surface area contributed by atoms with Crippen LogP contribution in [0, 0.1) is 0 Å². The van der Waals surface area contributed by atoms with Gasteiger partial charge in [0.25, 0.3) is 0 Å². The number of fused-ring (bicyclic) bond motifs is 1. The second-order valence-corrected chi connectivity index (χ2v) is 4.17. The van der Waals surface area contributed by atoms with Crippen molar-refractivity contribution in [2.75, 3.05) is 10.6 Å². The Kier molecular flexibility index (Phi) is 2.96. The van der Waals surface area contributed by atoms with Crippen LogP contribution < -0.4 is 16.4 Å². The normalized spacial score (nSPS) is 10.4. The first-order chi connectivity index (χ1) is 9.70. The lowest BCUT2D eigenvalue weighted by atomic mass is 10.3. The number of urea groups is 1. The van der Waals surface area contributed by atoms with Crippen molar-refractivity contribution in [2.45, 2.75) is 0 Å². The number of hydrogen-bond acceptors (Lipinski definition) is 3. The van der Waals surface area contributed by atoms with Crippen molar-refractivity contribution in [3.05, 3.63) is 59.1 Å². The monoisotopic (exact) mass is 269 g/mol. The molecule has 2 amide bonds. The van der Waals surface area contributed by atoms with Gasteiger partial charge in [0, 0.05) is 17.4 Å². The number of carbonyl (C=O) groups excluding carboxylic acids is 1. The molecule has 1 heterocycles. The van der Waals surface area contributed by atoms with Gasteiger partial charge in [0.05, 0.1) is 5.52 Å². The van der Waals surface area contributed by atoms with Crippen LogP contribution in [-0.4, -0.2) is 11.0 Å². The van der Waals surface area contributed by atoms with E-state index in [0.717, 1.165) is 0 Å². The topological polar surface area (TPSA) is 87.1 Å². The van der Waals surface area contributed by atoms with Gasteiger partial charge < -0.3 is 15.1 Å². The van der Waals surface area contributed by atoms with Gasteiger partial charge in [0.1, 0.15) is 0 Å². The van der Waals surface area contributed by atoms with Crippen LogP contribution in [0.25, 0.3) is 11.1 Å². The van der Waals surface area contributed by atoms with Crippen LogP contribution in [0.4, 0.5) is 16.2 Å². The van der Waals surface area contributed by atoms with E-state index in [4.69, 9.17) is 4.42 Å². The van der Waals surface area contributed by atoms with Gasteiger partial charge in [-0.15, -0.1) is 0 Å². The summed E-state index contributed by atoms with van der Waals surface area (Å²) >= 11 is 0. The second-order valence-electron chi connectivity index (χ2n) is 4.17. The third-order valence-electron chi connectivity index (χ3n) is 2.71. The van der Waals surface area contributed by atoms with Gasteiger partial charge in [0.15, 0.2) is 5.58 Å². The molecule has 0 fully saturated rings. The first kappa shape index (κ1) is 12.0. The molecule has 0 saturated heterocycles. The molecular weight excluding hydrogens is 258 g/mol. The second kappa shape index (κ2) is 4.93. The Morgan fingerprint density at radius 1 is 1.00 bits per heavy atom. The summed E-state index contributed by atoms with van der Waals surface area (Å²) in [6.45, 7) is 0. The van der Waals surface area contributed by atoms with E-state index in [1.54, 1.807) is 30.3 Å². The lowest BCUT2D eigenvalue weighted by Gasteiger charge is -2.07. The Hall–Kier alpha value is -3.02. The molecule has 3 rings (SSSR count). The number of para-hydroxylation sites is 1. The number of aromatic amines is 1. The van der Waals surface area contributed by atoms with Crippen LogP contribution in [0.3, 0.4) is 0 Å². The number of carbonyl (C=O) groups is 1. The number of hydrogen-bond donors (Lipinski definition) is 3. The zero-order valence-electron chi connectivity index (χ0n) is 10.3. The van der Waals surface area contributed by atoms with Crippen LogP contribution in [0.2, 0.25) is 0 Å².